The van der Waals surface area contributed by atoms with Crippen molar-refractivity contribution in [2.45, 2.75) is 25.7 Å². The molecular weight excluding hydrogens is 654 g/mol. The lowest BCUT2D eigenvalue weighted by Gasteiger charge is -2.07. The van der Waals surface area contributed by atoms with E-state index in [1.54, 1.807) is 30.5 Å². The van der Waals surface area contributed by atoms with E-state index < -0.39 is 17.9 Å². The highest BCUT2D eigenvalue weighted by molar-refractivity contribution is 9.10. The zero-order valence-electron chi connectivity index (χ0n) is 25.4. The minimum atomic E-state index is -0.515. The fraction of sp³-hybridized carbons (Fsp3) is 0.222. The number of esters is 3. The van der Waals surface area contributed by atoms with Crippen LogP contribution < -0.4 is 14.2 Å². The van der Waals surface area contributed by atoms with E-state index in [-0.39, 0.29) is 0 Å². The summed E-state index contributed by atoms with van der Waals surface area (Å²) in [5.74, 6) is 0.458. The van der Waals surface area contributed by atoms with Crippen LogP contribution in [0.2, 0.25) is 0 Å². The third kappa shape index (κ3) is 13.8. The van der Waals surface area contributed by atoms with Crippen LogP contribution in [0.1, 0.15) is 36.8 Å². The van der Waals surface area contributed by atoms with Crippen LogP contribution in [0.4, 0.5) is 5.69 Å². The molecule has 0 amide bonds. The van der Waals surface area contributed by atoms with Crippen molar-refractivity contribution >= 4 is 51.8 Å². The number of aliphatic imine (C=N–C) groups is 1. The lowest BCUT2D eigenvalue weighted by molar-refractivity contribution is -0.138. The number of nitrogens with zero attached hydrogens (tertiary/aromatic N) is 1. The normalized spacial score (nSPS) is 10.8. The predicted octanol–water partition coefficient (Wildman–Crippen LogP) is 7.59. The van der Waals surface area contributed by atoms with Crippen LogP contribution in [0.5, 0.6) is 17.2 Å². The van der Waals surface area contributed by atoms with E-state index in [4.69, 9.17) is 23.7 Å². The second-order valence-corrected chi connectivity index (χ2v) is 10.5. The van der Waals surface area contributed by atoms with Crippen molar-refractivity contribution in [3.05, 3.63) is 114 Å². The number of unbranched alkanes of at least 4 members (excludes halogenated alkanes) is 2. The van der Waals surface area contributed by atoms with Crippen molar-refractivity contribution in [2.24, 2.45) is 4.99 Å². The molecule has 0 aliphatic rings. The molecule has 240 valence electrons. The van der Waals surface area contributed by atoms with Crippen molar-refractivity contribution in [1.82, 2.24) is 0 Å². The van der Waals surface area contributed by atoms with Crippen LogP contribution in [0.25, 0.3) is 6.08 Å². The molecule has 0 aromatic heterocycles. The van der Waals surface area contributed by atoms with Crippen molar-refractivity contribution in [3.8, 4) is 17.2 Å². The molecule has 0 fully saturated rings. The number of halogens is 1. The lowest BCUT2D eigenvalue weighted by atomic mass is 10.2. The number of carbonyl (C=O) groups excluding carboxylic acids is 3. The molecule has 10 heteroatoms. The average Bonchev–Trinajstić information content (AvgIpc) is 3.07. The molecule has 0 radical (unpaired) electrons. The Morgan fingerprint density at radius 3 is 1.67 bits per heavy atom. The molecule has 46 heavy (non-hydrogen) atoms. The Labute approximate surface area is 277 Å². The second kappa shape index (κ2) is 20.1. The van der Waals surface area contributed by atoms with Crippen molar-refractivity contribution in [2.75, 3.05) is 26.4 Å². The SMILES string of the molecule is C=CC(=O)OCCCCOc1ccc(/C=C/C(=O)Oc2ccc(/N=C/c3ccc(OCCCCOC(=O)C=C)cc3)c(Br)c2)cc1. The number of benzene rings is 3. The van der Waals surface area contributed by atoms with Gasteiger partial charge in [0.2, 0.25) is 0 Å². The fourth-order valence-corrected chi connectivity index (χ4v) is 4.15. The van der Waals surface area contributed by atoms with Crippen LogP contribution >= 0.6 is 15.9 Å². The zero-order valence-corrected chi connectivity index (χ0v) is 27.0. The first kappa shape index (κ1) is 35.5. The number of ether oxygens (including phenoxy) is 5. The monoisotopic (exact) mass is 689 g/mol. The molecule has 0 saturated carbocycles. The van der Waals surface area contributed by atoms with E-state index in [9.17, 15) is 14.4 Å². The minimum Gasteiger partial charge on any atom is -0.494 e. The first-order chi connectivity index (χ1) is 22.4. The van der Waals surface area contributed by atoms with E-state index >= 15 is 0 Å². The average molecular weight is 691 g/mol. The summed E-state index contributed by atoms with van der Waals surface area (Å²) in [7, 11) is 0. The minimum absolute atomic E-state index is 0.331. The molecular formula is C36H36BrNO8. The summed E-state index contributed by atoms with van der Waals surface area (Å²) in [6.45, 7) is 8.40. The Hall–Kier alpha value is -4.96. The van der Waals surface area contributed by atoms with E-state index in [2.05, 4.69) is 34.1 Å². The smallest absolute Gasteiger partial charge is 0.336 e. The van der Waals surface area contributed by atoms with Crippen LogP contribution in [0.3, 0.4) is 0 Å². The first-order valence-corrected chi connectivity index (χ1v) is 15.4. The lowest BCUT2D eigenvalue weighted by Crippen LogP contribution is -2.04. The summed E-state index contributed by atoms with van der Waals surface area (Å²) in [6, 6.07) is 19.9. The quantitative estimate of drug-likeness (QED) is 0.0416. The summed E-state index contributed by atoms with van der Waals surface area (Å²) in [5.41, 5.74) is 2.38. The van der Waals surface area contributed by atoms with Crippen LogP contribution in [-0.4, -0.2) is 50.6 Å². The molecule has 0 unspecified atom stereocenters. The molecule has 0 atom stereocenters. The Bertz CT molecular complexity index is 1510. The maximum absolute atomic E-state index is 12.4. The van der Waals surface area contributed by atoms with Gasteiger partial charge in [0.05, 0.1) is 32.1 Å². The van der Waals surface area contributed by atoms with E-state index in [0.717, 1.165) is 41.9 Å². The highest BCUT2D eigenvalue weighted by Crippen LogP contribution is 2.30. The summed E-state index contributed by atoms with van der Waals surface area (Å²) in [4.78, 5) is 38.9. The van der Waals surface area contributed by atoms with Gasteiger partial charge in [-0.3, -0.25) is 4.99 Å². The molecule has 3 rings (SSSR count). The fourth-order valence-electron chi connectivity index (χ4n) is 3.69. The molecule has 0 aliphatic heterocycles. The van der Waals surface area contributed by atoms with Crippen molar-refractivity contribution in [3.63, 3.8) is 0 Å². The number of hydrogen-bond donors (Lipinski definition) is 0. The molecule has 0 aliphatic carbocycles. The molecule has 0 heterocycles. The Kier molecular flexibility index (Phi) is 15.6. The maximum Gasteiger partial charge on any atom is 0.336 e. The molecule has 0 saturated heterocycles. The molecule has 0 spiro atoms. The predicted molar refractivity (Wildman–Crippen MR) is 181 cm³/mol. The molecule has 0 N–H and O–H groups in total. The standard InChI is InChI=1S/C36H36BrNO8/c1-3-34(39)44-23-7-5-21-42-29-14-9-27(10-15-29)13-20-36(41)46-31-18-19-33(32(37)25-31)38-26-28-11-16-30(17-12-28)43-22-6-8-24-45-35(40)4-2/h3-4,9-20,25-26H,1-2,5-8,21-24H2/b20-13+,38-26+. The van der Waals surface area contributed by atoms with Crippen LogP contribution in [0, 0.1) is 0 Å². The van der Waals surface area contributed by atoms with Crippen molar-refractivity contribution < 1.29 is 38.1 Å². The van der Waals surface area contributed by atoms with Gasteiger partial charge in [0.15, 0.2) is 0 Å². The highest BCUT2D eigenvalue weighted by Gasteiger charge is 2.06. The summed E-state index contributed by atoms with van der Waals surface area (Å²) < 4.78 is 27.4. The Morgan fingerprint density at radius 1 is 0.652 bits per heavy atom. The van der Waals surface area contributed by atoms with Gasteiger partial charge >= 0.3 is 17.9 Å². The molecule has 0 bridgehead atoms. The van der Waals surface area contributed by atoms with E-state index in [1.807, 2.05) is 48.5 Å². The van der Waals surface area contributed by atoms with Gasteiger partial charge < -0.3 is 23.7 Å². The van der Waals surface area contributed by atoms with Gasteiger partial charge in [-0.05, 0) is 113 Å². The summed E-state index contributed by atoms with van der Waals surface area (Å²) in [6.07, 6.45) is 9.94. The summed E-state index contributed by atoms with van der Waals surface area (Å²) >= 11 is 3.49. The number of carbonyl (C=O) groups is 3. The summed E-state index contributed by atoms with van der Waals surface area (Å²) in [5, 5.41) is 0. The third-order valence-corrected chi connectivity index (χ3v) is 6.73. The van der Waals surface area contributed by atoms with Gasteiger partial charge in [0, 0.05) is 28.9 Å². The Morgan fingerprint density at radius 2 is 1.15 bits per heavy atom. The largest absolute Gasteiger partial charge is 0.494 e. The first-order valence-electron chi connectivity index (χ1n) is 14.6. The highest BCUT2D eigenvalue weighted by atomic mass is 79.9. The van der Waals surface area contributed by atoms with Gasteiger partial charge in [0.1, 0.15) is 17.2 Å². The van der Waals surface area contributed by atoms with Crippen LogP contribution in [0.15, 0.2) is 108 Å². The number of hydrogen-bond acceptors (Lipinski definition) is 9. The molecule has 3 aromatic carbocycles. The number of rotatable bonds is 19. The van der Waals surface area contributed by atoms with Gasteiger partial charge in [-0.1, -0.05) is 25.3 Å². The van der Waals surface area contributed by atoms with Gasteiger partial charge in [0.25, 0.3) is 0 Å². The molecule has 3 aromatic rings. The zero-order chi connectivity index (χ0) is 33.0. The van der Waals surface area contributed by atoms with Gasteiger partial charge in [-0.15, -0.1) is 0 Å². The van der Waals surface area contributed by atoms with E-state index in [0.29, 0.717) is 60.9 Å². The van der Waals surface area contributed by atoms with Gasteiger partial charge in [-0.2, -0.15) is 0 Å². The second-order valence-electron chi connectivity index (χ2n) is 9.62. The van der Waals surface area contributed by atoms with E-state index in [1.165, 1.54) is 6.08 Å². The Balaban J connectivity index is 1.39. The van der Waals surface area contributed by atoms with Crippen LogP contribution in [-0.2, 0) is 23.9 Å². The molecule has 9 nitrogen and oxygen atoms in total. The van der Waals surface area contributed by atoms with Gasteiger partial charge in [-0.25, -0.2) is 14.4 Å². The van der Waals surface area contributed by atoms with Crippen molar-refractivity contribution in [1.29, 1.82) is 0 Å². The third-order valence-electron chi connectivity index (χ3n) is 6.10. The topological polar surface area (TPSA) is 110 Å². The maximum atomic E-state index is 12.4.